The average Bonchev–Trinajstić information content (AvgIpc) is 2.50. The van der Waals surface area contributed by atoms with Crippen LogP contribution in [0.5, 0.6) is 5.75 Å². The van der Waals surface area contributed by atoms with Crippen LogP contribution in [-0.2, 0) is 4.74 Å². The number of benzene rings is 2. The van der Waals surface area contributed by atoms with E-state index in [1.807, 2.05) is 42.5 Å². The molecule has 3 N–H and O–H groups in total. The third-order valence-corrected chi connectivity index (χ3v) is 3.70. The lowest BCUT2D eigenvalue weighted by molar-refractivity contribution is -0.229. The van der Waals surface area contributed by atoms with Crippen molar-refractivity contribution in [3.8, 4) is 5.75 Å². The largest absolute Gasteiger partial charge is 0.465 e. The van der Waals surface area contributed by atoms with Gasteiger partial charge in [-0.3, -0.25) is 0 Å². The van der Waals surface area contributed by atoms with Crippen LogP contribution < -0.4 is 4.74 Å². The van der Waals surface area contributed by atoms with Crippen molar-refractivity contribution in [2.45, 2.75) is 31.0 Å². The summed E-state index contributed by atoms with van der Waals surface area (Å²) in [4.78, 5) is 0. The first kappa shape index (κ1) is 14.3. The van der Waals surface area contributed by atoms with Gasteiger partial charge in [-0.05, 0) is 22.9 Å². The van der Waals surface area contributed by atoms with Gasteiger partial charge in [-0.1, -0.05) is 30.3 Å². The Kier molecular flexibility index (Phi) is 4.07. The molecule has 112 valence electrons. The average molecular weight is 290 g/mol. The van der Waals surface area contributed by atoms with E-state index in [9.17, 15) is 10.2 Å². The topological polar surface area (TPSA) is 79.2 Å². The van der Waals surface area contributed by atoms with Crippen LogP contribution in [0.25, 0.3) is 10.8 Å². The third kappa shape index (κ3) is 3.01. The molecule has 2 aromatic rings. The molecule has 0 bridgehead atoms. The van der Waals surface area contributed by atoms with Crippen molar-refractivity contribution >= 4 is 10.8 Å². The summed E-state index contributed by atoms with van der Waals surface area (Å²) in [7, 11) is 0. The van der Waals surface area contributed by atoms with Gasteiger partial charge in [0, 0.05) is 6.42 Å². The fraction of sp³-hybridized carbons (Fsp3) is 0.375. The SMILES string of the molecule is OC[C@H]1O[C@@H](Oc2ccc3ccccc3c2)C[C@@H](O)[C@H]1O. The molecule has 0 aromatic heterocycles. The van der Waals surface area contributed by atoms with E-state index < -0.39 is 24.6 Å². The molecule has 1 aliphatic rings. The molecule has 1 saturated heterocycles. The van der Waals surface area contributed by atoms with E-state index in [1.165, 1.54) is 0 Å². The third-order valence-electron chi connectivity index (χ3n) is 3.70. The number of ether oxygens (including phenoxy) is 2. The molecule has 21 heavy (non-hydrogen) atoms. The highest BCUT2D eigenvalue weighted by Crippen LogP contribution is 2.26. The second-order valence-corrected chi connectivity index (χ2v) is 5.21. The summed E-state index contributed by atoms with van der Waals surface area (Å²) in [5.74, 6) is 0.624. The molecular formula is C16H18O5. The first-order valence-corrected chi connectivity index (χ1v) is 6.95. The van der Waals surface area contributed by atoms with Crippen LogP contribution in [0.3, 0.4) is 0 Å². The number of hydrogen-bond acceptors (Lipinski definition) is 5. The minimum absolute atomic E-state index is 0.157. The maximum absolute atomic E-state index is 9.78. The van der Waals surface area contributed by atoms with Crippen LogP contribution in [-0.4, -0.2) is 46.5 Å². The monoisotopic (exact) mass is 290 g/mol. The van der Waals surface area contributed by atoms with E-state index in [2.05, 4.69) is 0 Å². The Morgan fingerprint density at radius 1 is 1.10 bits per heavy atom. The van der Waals surface area contributed by atoms with E-state index in [0.29, 0.717) is 5.75 Å². The van der Waals surface area contributed by atoms with Gasteiger partial charge < -0.3 is 24.8 Å². The fourth-order valence-corrected chi connectivity index (χ4v) is 2.53. The van der Waals surface area contributed by atoms with Gasteiger partial charge in [-0.15, -0.1) is 0 Å². The highest BCUT2D eigenvalue weighted by molar-refractivity contribution is 5.83. The van der Waals surface area contributed by atoms with Crippen molar-refractivity contribution in [1.82, 2.24) is 0 Å². The van der Waals surface area contributed by atoms with Crippen LogP contribution in [0.2, 0.25) is 0 Å². The molecule has 3 rings (SSSR count). The van der Waals surface area contributed by atoms with Crippen LogP contribution in [0.1, 0.15) is 6.42 Å². The predicted octanol–water partition coefficient (Wildman–Crippen LogP) is 1.05. The second-order valence-electron chi connectivity index (χ2n) is 5.21. The molecular weight excluding hydrogens is 272 g/mol. The molecule has 0 saturated carbocycles. The Morgan fingerprint density at radius 2 is 1.86 bits per heavy atom. The smallest absolute Gasteiger partial charge is 0.202 e. The van der Waals surface area contributed by atoms with Gasteiger partial charge in [0.05, 0.1) is 12.7 Å². The molecule has 0 spiro atoms. The van der Waals surface area contributed by atoms with Crippen molar-refractivity contribution in [2.75, 3.05) is 6.61 Å². The second kappa shape index (κ2) is 5.99. The van der Waals surface area contributed by atoms with Crippen LogP contribution in [0, 0.1) is 0 Å². The lowest BCUT2D eigenvalue weighted by Crippen LogP contribution is -2.51. The standard InChI is InChI=1S/C16H18O5/c17-9-14-16(19)13(18)8-15(21-14)20-12-6-5-10-3-1-2-4-11(10)7-12/h1-7,13-19H,8-9H2/t13-,14-,15-,16-/m1/s1. The van der Waals surface area contributed by atoms with Crippen molar-refractivity contribution in [3.63, 3.8) is 0 Å². The zero-order valence-corrected chi connectivity index (χ0v) is 11.4. The van der Waals surface area contributed by atoms with Gasteiger partial charge in [-0.25, -0.2) is 0 Å². The van der Waals surface area contributed by atoms with E-state index in [4.69, 9.17) is 14.6 Å². The number of fused-ring (bicyclic) bond motifs is 1. The molecule has 2 aromatic carbocycles. The Labute approximate surface area is 122 Å². The normalized spacial score (nSPS) is 29.5. The summed E-state index contributed by atoms with van der Waals surface area (Å²) in [6, 6.07) is 13.6. The molecule has 1 aliphatic heterocycles. The first-order chi connectivity index (χ1) is 10.2. The minimum atomic E-state index is -1.09. The highest BCUT2D eigenvalue weighted by atomic mass is 16.7. The summed E-state index contributed by atoms with van der Waals surface area (Å²) in [5.41, 5.74) is 0. The molecule has 4 atom stereocenters. The molecule has 5 heteroatoms. The zero-order chi connectivity index (χ0) is 14.8. The van der Waals surface area contributed by atoms with E-state index in [-0.39, 0.29) is 13.0 Å². The predicted molar refractivity (Wildman–Crippen MR) is 77.0 cm³/mol. The number of rotatable bonds is 3. The number of hydrogen-bond donors (Lipinski definition) is 3. The van der Waals surface area contributed by atoms with Gasteiger partial charge in [0.15, 0.2) is 0 Å². The quantitative estimate of drug-likeness (QED) is 0.787. The molecule has 0 radical (unpaired) electrons. The molecule has 1 heterocycles. The summed E-state index contributed by atoms with van der Waals surface area (Å²) in [5, 5.41) is 30.8. The lowest BCUT2D eigenvalue weighted by atomic mass is 10.0. The maximum atomic E-state index is 9.78. The Balaban J connectivity index is 1.75. The summed E-state index contributed by atoms with van der Waals surface area (Å²) < 4.78 is 11.2. The van der Waals surface area contributed by atoms with Crippen molar-refractivity contribution in [2.24, 2.45) is 0 Å². The van der Waals surface area contributed by atoms with Crippen molar-refractivity contribution < 1.29 is 24.8 Å². The van der Waals surface area contributed by atoms with Crippen LogP contribution in [0.15, 0.2) is 42.5 Å². The van der Waals surface area contributed by atoms with Gasteiger partial charge in [0.1, 0.15) is 18.0 Å². The van der Waals surface area contributed by atoms with Gasteiger partial charge in [0.2, 0.25) is 6.29 Å². The van der Waals surface area contributed by atoms with Gasteiger partial charge >= 0.3 is 0 Å². The fourth-order valence-electron chi connectivity index (χ4n) is 2.53. The molecule has 0 amide bonds. The Morgan fingerprint density at radius 3 is 2.62 bits per heavy atom. The van der Waals surface area contributed by atoms with Crippen LogP contribution >= 0.6 is 0 Å². The number of aliphatic hydroxyl groups is 3. The summed E-state index contributed by atoms with van der Waals surface area (Å²) >= 11 is 0. The minimum Gasteiger partial charge on any atom is -0.465 e. The van der Waals surface area contributed by atoms with Gasteiger partial charge in [-0.2, -0.15) is 0 Å². The summed E-state index contributed by atoms with van der Waals surface area (Å²) in [6.07, 6.45) is -3.43. The van der Waals surface area contributed by atoms with Crippen molar-refractivity contribution in [3.05, 3.63) is 42.5 Å². The Hall–Kier alpha value is -1.66. The highest BCUT2D eigenvalue weighted by Gasteiger charge is 2.37. The van der Waals surface area contributed by atoms with Crippen molar-refractivity contribution in [1.29, 1.82) is 0 Å². The number of aliphatic hydroxyl groups excluding tert-OH is 3. The van der Waals surface area contributed by atoms with E-state index >= 15 is 0 Å². The van der Waals surface area contributed by atoms with E-state index in [1.54, 1.807) is 0 Å². The Bertz CT molecular complexity index is 614. The van der Waals surface area contributed by atoms with E-state index in [0.717, 1.165) is 10.8 Å². The van der Waals surface area contributed by atoms with Gasteiger partial charge in [0.25, 0.3) is 0 Å². The maximum Gasteiger partial charge on any atom is 0.202 e. The molecule has 0 unspecified atom stereocenters. The van der Waals surface area contributed by atoms with Crippen LogP contribution in [0.4, 0.5) is 0 Å². The summed E-state index contributed by atoms with van der Waals surface area (Å²) in [6.45, 7) is -0.365. The molecule has 0 aliphatic carbocycles. The first-order valence-electron chi connectivity index (χ1n) is 6.95. The molecule has 5 nitrogen and oxygen atoms in total. The lowest BCUT2D eigenvalue weighted by Gasteiger charge is -2.36. The zero-order valence-electron chi connectivity index (χ0n) is 11.4. The molecule has 1 fully saturated rings.